The van der Waals surface area contributed by atoms with Gasteiger partial charge in [-0.3, -0.25) is 9.89 Å². The molecule has 0 spiro atoms. The van der Waals surface area contributed by atoms with E-state index in [0.29, 0.717) is 30.1 Å². The molecule has 222 valence electrons. The minimum Gasteiger partial charge on any atom is -0.497 e. The molecule has 0 bridgehead atoms. The van der Waals surface area contributed by atoms with E-state index in [0.717, 1.165) is 52.8 Å². The third-order valence-electron chi connectivity index (χ3n) is 6.75. The summed E-state index contributed by atoms with van der Waals surface area (Å²) < 4.78 is 55.8. The molecule has 2 N–H and O–H groups in total. The number of H-pyrrole nitrogens is 1. The normalized spacial score (nSPS) is 11.4. The summed E-state index contributed by atoms with van der Waals surface area (Å²) in [6.07, 6.45) is -1.28. The highest BCUT2D eigenvalue weighted by molar-refractivity contribution is 5.93. The molecule has 0 aliphatic rings. The predicted octanol–water partition coefficient (Wildman–Crippen LogP) is 6.23. The van der Waals surface area contributed by atoms with Gasteiger partial charge in [0.25, 0.3) is 0 Å². The summed E-state index contributed by atoms with van der Waals surface area (Å²) in [6.45, 7) is 2.32. The minimum absolute atomic E-state index is 0.0557. The Bertz CT molecular complexity index is 1740. The van der Waals surface area contributed by atoms with Crippen LogP contribution in [-0.2, 0) is 23.8 Å². The summed E-state index contributed by atoms with van der Waals surface area (Å²) in [4.78, 5) is 20.9. The largest absolute Gasteiger partial charge is 0.497 e. The zero-order valence-electron chi connectivity index (χ0n) is 23.6. The molecule has 0 saturated carbocycles. The van der Waals surface area contributed by atoms with Crippen molar-refractivity contribution in [1.82, 2.24) is 20.2 Å². The highest BCUT2D eigenvalue weighted by Gasteiger charge is 2.35. The van der Waals surface area contributed by atoms with Crippen molar-refractivity contribution in [1.29, 1.82) is 0 Å². The van der Waals surface area contributed by atoms with Crippen LogP contribution in [0.4, 0.5) is 18.9 Å². The Labute approximate surface area is 245 Å². The van der Waals surface area contributed by atoms with Gasteiger partial charge >= 0.3 is 6.18 Å². The van der Waals surface area contributed by atoms with Crippen LogP contribution in [0.3, 0.4) is 0 Å². The molecule has 0 fully saturated rings. The number of aromatic amines is 1. The van der Waals surface area contributed by atoms with E-state index in [1.807, 2.05) is 43.3 Å². The van der Waals surface area contributed by atoms with Gasteiger partial charge in [-0.05, 0) is 53.8 Å². The van der Waals surface area contributed by atoms with Gasteiger partial charge in [0.2, 0.25) is 17.7 Å². The fraction of sp³-hybridized carbons (Fsp3) is 0.226. The molecule has 1 amide bonds. The van der Waals surface area contributed by atoms with Gasteiger partial charge in [-0.25, -0.2) is 9.97 Å². The number of anilines is 1. The molecule has 3 aromatic heterocycles. The molecule has 0 atom stereocenters. The Hall–Kier alpha value is -5.13. The topological polar surface area (TPSA) is 111 Å². The maximum absolute atomic E-state index is 13.3. The molecule has 5 aromatic rings. The molecule has 2 aromatic carbocycles. The first-order valence-corrected chi connectivity index (χ1v) is 13.3. The van der Waals surface area contributed by atoms with Crippen molar-refractivity contribution in [2.24, 2.45) is 0 Å². The number of hydrogen-bond donors (Lipinski definition) is 2. The zero-order valence-corrected chi connectivity index (χ0v) is 23.6. The van der Waals surface area contributed by atoms with E-state index in [-0.39, 0.29) is 12.1 Å². The molecule has 0 aliphatic carbocycles. The number of pyridine rings is 2. The Balaban J connectivity index is 1.40. The number of benzene rings is 2. The van der Waals surface area contributed by atoms with Crippen LogP contribution in [-0.4, -0.2) is 46.9 Å². The number of rotatable bonds is 10. The molecule has 3 heterocycles. The Morgan fingerprint density at radius 3 is 2.30 bits per heavy atom. The van der Waals surface area contributed by atoms with E-state index < -0.39 is 23.5 Å². The number of carbonyl (C=O) groups excluding carboxylic acids is 1. The lowest BCUT2D eigenvalue weighted by Gasteiger charge is -2.14. The Morgan fingerprint density at radius 1 is 0.930 bits per heavy atom. The van der Waals surface area contributed by atoms with Crippen LogP contribution < -0.4 is 19.5 Å². The second-order valence-electron chi connectivity index (χ2n) is 9.56. The average molecular weight is 592 g/mol. The molecule has 12 heteroatoms. The second kappa shape index (κ2) is 12.4. The Morgan fingerprint density at radius 2 is 1.65 bits per heavy atom. The van der Waals surface area contributed by atoms with Gasteiger partial charge in [0.1, 0.15) is 11.3 Å². The molecule has 0 aliphatic heterocycles. The fourth-order valence-corrected chi connectivity index (χ4v) is 4.72. The molecule has 5 rings (SSSR count). The van der Waals surface area contributed by atoms with Crippen molar-refractivity contribution in [3.05, 3.63) is 89.2 Å². The third kappa shape index (κ3) is 6.53. The number of methoxy groups -OCH3 is 2. The number of halogens is 3. The Kier molecular flexibility index (Phi) is 8.46. The average Bonchev–Trinajstić information content (AvgIpc) is 3.41. The lowest BCUT2D eigenvalue weighted by atomic mass is 9.93. The predicted molar refractivity (Wildman–Crippen MR) is 154 cm³/mol. The monoisotopic (exact) mass is 591 g/mol. The summed E-state index contributed by atoms with van der Waals surface area (Å²) in [5.74, 6) is 0.163. The molecular weight excluding hydrogens is 563 g/mol. The van der Waals surface area contributed by atoms with Crippen LogP contribution in [0, 0.1) is 0 Å². The lowest BCUT2D eigenvalue weighted by Crippen LogP contribution is -2.16. The van der Waals surface area contributed by atoms with Crippen LogP contribution in [0.15, 0.2) is 67.0 Å². The summed E-state index contributed by atoms with van der Waals surface area (Å²) in [7, 11) is 2.72. The van der Waals surface area contributed by atoms with E-state index in [2.05, 4.69) is 25.5 Å². The van der Waals surface area contributed by atoms with E-state index >= 15 is 0 Å². The summed E-state index contributed by atoms with van der Waals surface area (Å²) >= 11 is 0. The van der Waals surface area contributed by atoms with E-state index in [1.165, 1.54) is 0 Å². The highest BCUT2D eigenvalue weighted by Crippen LogP contribution is 2.37. The minimum atomic E-state index is -4.68. The van der Waals surface area contributed by atoms with E-state index in [4.69, 9.17) is 14.2 Å². The number of nitrogens with zero attached hydrogens (tertiary/aromatic N) is 3. The van der Waals surface area contributed by atoms with Crippen molar-refractivity contribution in [2.45, 2.75) is 25.9 Å². The van der Waals surface area contributed by atoms with Crippen LogP contribution >= 0.6 is 0 Å². The maximum Gasteiger partial charge on any atom is 0.421 e. The summed E-state index contributed by atoms with van der Waals surface area (Å²) in [5, 5.41) is 10.5. The molecular formula is C31H28F3N5O4. The molecule has 0 unspecified atom stereocenters. The van der Waals surface area contributed by atoms with Gasteiger partial charge in [-0.2, -0.15) is 13.2 Å². The second-order valence-corrected chi connectivity index (χ2v) is 9.56. The molecule has 0 saturated heterocycles. The van der Waals surface area contributed by atoms with Gasteiger partial charge in [0.05, 0.1) is 44.5 Å². The molecule has 43 heavy (non-hydrogen) atoms. The van der Waals surface area contributed by atoms with Gasteiger partial charge in [-0.1, -0.05) is 36.4 Å². The number of fused-ring (bicyclic) bond motifs is 1. The third-order valence-corrected chi connectivity index (χ3v) is 6.75. The first kappa shape index (κ1) is 29.4. The van der Waals surface area contributed by atoms with E-state index in [9.17, 15) is 18.0 Å². The van der Waals surface area contributed by atoms with Crippen LogP contribution in [0.25, 0.3) is 22.2 Å². The van der Waals surface area contributed by atoms with Crippen molar-refractivity contribution in [3.63, 3.8) is 0 Å². The van der Waals surface area contributed by atoms with Crippen LogP contribution in [0.1, 0.15) is 29.2 Å². The van der Waals surface area contributed by atoms with Gasteiger partial charge in [0.15, 0.2) is 5.65 Å². The first-order chi connectivity index (χ1) is 20.7. The number of ether oxygens (including phenoxy) is 3. The van der Waals surface area contributed by atoms with Crippen molar-refractivity contribution in [3.8, 4) is 28.6 Å². The highest BCUT2D eigenvalue weighted by atomic mass is 19.4. The number of alkyl halides is 3. The number of hydrogen-bond acceptors (Lipinski definition) is 7. The SMILES string of the molecule is CCOc1n[nH]c2ncc(-c3ccc(CC(=O)Nc4cnc(OC)c(C(F)(F)F)c4)cc3)c(Cc3ccc(OC)cc3)c12. The number of aromatic nitrogens is 4. The standard InChI is InChI=1S/C31H28F3N5O4/c1-4-43-30-27-23(13-18-7-11-22(41-2)12-8-18)24(17-35-28(27)38-39-30)20-9-5-19(6-10-20)14-26(40)37-21-15-25(31(32,33)34)29(42-3)36-16-21/h5-12,15-17H,4,13-14H2,1-3H3,(H,37,40)(H,35,38,39). The molecule has 0 radical (unpaired) electrons. The fourth-order valence-electron chi connectivity index (χ4n) is 4.72. The lowest BCUT2D eigenvalue weighted by molar-refractivity contribution is -0.139. The number of carbonyl (C=O) groups is 1. The molecule has 9 nitrogen and oxygen atoms in total. The first-order valence-electron chi connectivity index (χ1n) is 13.3. The van der Waals surface area contributed by atoms with Crippen LogP contribution in [0.5, 0.6) is 17.5 Å². The van der Waals surface area contributed by atoms with Gasteiger partial charge in [-0.15, -0.1) is 5.10 Å². The zero-order chi connectivity index (χ0) is 30.6. The van der Waals surface area contributed by atoms with Crippen molar-refractivity contribution >= 4 is 22.6 Å². The number of nitrogens with one attached hydrogen (secondary N) is 2. The van der Waals surface area contributed by atoms with E-state index in [1.54, 1.807) is 25.4 Å². The van der Waals surface area contributed by atoms with Crippen LogP contribution in [0.2, 0.25) is 0 Å². The number of amides is 1. The maximum atomic E-state index is 13.3. The van der Waals surface area contributed by atoms with Crippen molar-refractivity contribution in [2.75, 3.05) is 26.1 Å². The van der Waals surface area contributed by atoms with Crippen molar-refractivity contribution < 1.29 is 32.2 Å². The summed E-state index contributed by atoms with van der Waals surface area (Å²) in [5.41, 5.74) is 3.86. The quantitative estimate of drug-likeness (QED) is 0.198. The van der Waals surface area contributed by atoms with Gasteiger partial charge < -0.3 is 19.5 Å². The summed E-state index contributed by atoms with van der Waals surface area (Å²) in [6, 6.07) is 15.9. The van der Waals surface area contributed by atoms with Gasteiger partial charge in [0, 0.05) is 11.8 Å². The smallest absolute Gasteiger partial charge is 0.421 e.